The summed E-state index contributed by atoms with van der Waals surface area (Å²) < 4.78 is 5.26. The van der Waals surface area contributed by atoms with Crippen molar-refractivity contribution in [1.29, 1.82) is 0 Å². The van der Waals surface area contributed by atoms with Crippen LogP contribution in [0, 0.1) is 11.8 Å². The Morgan fingerprint density at radius 3 is 2.62 bits per heavy atom. The molecule has 2 aromatic rings. The van der Waals surface area contributed by atoms with Gasteiger partial charge in [0.25, 0.3) is 0 Å². The van der Waals surface area contributed by atoms with Crippen LogP contribution in [0.15, 0.2) is 54.6 Å². The fourth-order valence-electron chi connectivity index (χ4n) is 2.37. The molecule has 1 atom stereocenters. The zero-order valence-corrected chi connectivity index (χ0v) is 15.6. The molecule has 0 fully saturated rings. The van der Waals surface area contributed by atoms with Crippen molar-refractivity contribution >= 4 is 23.2 Å². The molecule has 0 unspecified atom stereocenters. The van der Waals surface area contributed by atoms with Crippen LogP contribution in [0.5, 0.6) is 0 Å². The number of nitrogens with one attached hydrogen (secondary N) is 1. The van der Waals surface area contributed by atoms with Gasteiger partial charge in [0.1, 0.15) is 5.60 Å². The molecule has 1 N–H and O–H groups in total. The first-order valence-electron chi connectivity index (χ1n) is 7.97. The molecular weight excluding hydrogens is 318 g/mol. The number of hydrogen-bond acceptors (Lipinski definition) is 2. The maximum absolute atomic E-state index is 5.26. The third-order valence-corrected chi connectivity index (χ3v) is 3.92. The number of fused-ring (bicyclic) bond motifs is 1. The molecule has 0 aromatic heterocycles. The normalized spacial score (nSPS) is 12.5. The maximum Gasteiger partial charge on any atom is 0.123 e. The van der Waals surface area contributed by atoms with E-state index in [1.54, 1.807) is 7.11 Å². The Labute approximate surface area is 151 Å². The Morgan fingerprint density at radius 2 is 1.88 bits per heavy atom. The molecule has 0 amide bonds. The van der Waals surface area contributed by atoms with Gasteiger partial charge in [-0.2, -0.15) is 0 Å². The molecule has 0 bridgehead atoms. The van der Waals surface area contributed by atoms with Crippen LogP contribution in [-0.4, -0.2) is 19.3 Å². The van der Waals surface area contributed by atoms with Gasteiger partial charge in [-0.3, -0.25) is 0 Å². The van der Waals surface area contributed by atoms with Crippen LogP contribution in [0.2, 0.25) is 0 Å². The second-order valence-corrected chi connectivity index (χ2v) is 6.08. The van der Waals surface area contributed by atoms with Crippen LogP contribution >= 0.6 is 12.4 Å². The van der Waals surface area contributed by atoms with E-state index in [2.05, 4.69) is 66.5 Å². The highest BCUT2D eigenvalue weighted by Crippen LogP contribution is 2.23. The van der Waals surface area contributed by atoms with Crippen LogP contribution < -0.4 is 5.32 Å². The van der Waals surface area contributed by atoms with Crippen molar-refractivity contribution in [2.24, 2.45) is 0 Å². The van der Waals surface area contributed by atoms with Crippen molar-refractivity contribution in [3.05, 3.63) is 60.2 Å². The molecule has 0 aliphatic heterocycles. The highest BCUT2D eigenvalue weighted by atomic mass is 35.5. The van der Waals surface area contributed by atoms with Gasteiger partial charge in [-0.15, -0.1) is 12.4 Å². The van der Waals surface area contributed by atoms with Crippen LogP contribution in [0.25, 0.3) is 10.8 Å². The fourth-order valence-corrected chi connectivity index (χ4v) is 2.37. The Balaban J connectivity index is 0.00000288. The summed E-state index contributed by atoms with van der Waals surface area (Å²) in [4.78, 5) is 0. The number of rotatable bonds is 5. The summed E-state index contributed by atoms with van der Waals surface area (Å²) in [5.41, 5.74) is 0.927. The second kappa shape index (κ2) is 9.49. The molecule has 2 rings (SSSR count). The van der Waals surface area contributed by atoms with Gasteiger partial charge in [0.05, 0.1) is 0 Å². The summed E-state index contributed by atoms with van der Waals surface area (Å²) in [6, 6.07) is 15.2. The van der Waals surface area contributed by atoms with Gasteiger partial charge in [-0.1, -0.05) is 60.4 Å². The Kier molecular flexibility index (Phi) is 8.01. The first-order valence-corrected chi connectivity index (χ1v) is 7.97. The van der Waals surface area contributed by atoms with E-state index in [4.69, 9.17) is 4.74 Å². The van der Waals surface area contributed by atoms with Crippen molar-refractivity contribution in [3.8, 4) is 11.8 Å². The van der Waals surface area contributed by atoms with Gasteiger partial charge in [0, 0.05) is 19.7 Å². The van der Waals surface area contributed by atoms with Crippen LogP contribution in [0.3, 0.4) is 0 Å². The number of ether oxygens (including phenoxy) is 1. The number of benzene rings is 2. The molecule has 2 nitrogen and oxygen atoms in total. The van der Waals surface area contributed by atoms with Crippen molar-refractivity contribution in [2.75, 3.05) is 13.7 Å². The van der Waals surface area contributed by atoms with E-state index in [9.17, 15) is 0 Å². The molecule has 0 heterocycles. The van der Waals surface area contributed by atoms with E-state index in [1.807, 2.05) is 26.0 Å². The molecule has 24 heavy (non-hydrogen) atoms. The Bertz CT molecular complexity index is 735. The molecular formula is C21H26ClNO. The molecule has 2 aromatic carbocycles. The maximum atomic E-state index is 5.26. The summed E-state index contributed by atoms with van der Waals surface area (Å²) in [5.74, 6) is 6.09. The average molecular weight is 344 g/mol. The standard InChI is InChI=1S/C21H25NO.ClH/c1-17(22-16-9-5-8-15-21(2,3)23-4)19-14-10-12-18-11-6-7-13-20(18)19;/h5-7,9-14,17,22H,16H2,1-4H3;1H/b9-5+;/t17-;/m1./s1. The number of hydrogen-bond donors (Lipinski definition) is 1. The SMILES string of the molecule is COC(C)(C)C#C/C=C/CN[C@H](C)c1cccc2ccccc12.Cl. The van der Waals surface area contributed by atoms with E-state index in [1.165, 1.54) is 16.3 Å². The zero-order valence-electron chi connectivity index (χ0n) is 14.8. The van der Waals surface area contributed by atoms with Gasteiger partial charge in [0.2, 0.25) is 0 Å². The molecule has 0 saturated carbocycles. The van der Waals surface area contributed by atoms with Gasteiger partial charge in [-0.25, -0.2) is 0 Å². The summed E-state index contributed by atoms with van der Waals surface area (Å²) >= 11 is 0. The molecule has 3 heteroatoms. The third kappa shape index (κ3) is 5.69. The zero-order chi connectivity index (χ0) is 16.7. The highest BCUT2D eigenvalue weighted by Gasteiger charge is 2.10. The van der Waals surface area contributed by atoms with Gasteiger partial charge >= 0.3 is 0 Å². The lowest BCUT2D eigenvalue weighted by Crippen LogP contribution is -2.19. The molecule has 128 valence electrons. The molecule has 0 saturated heterocycles. The summed E-state index contributed by atoms with van der Waals surface area (Å²) in [5, 5.41) is 6.10. The number of methoxy groups -OCH3 is 1. The predicted octanol–water partition coefficient (Wildman–Crippen LogP) is 4.90. The number of allylic oxidation sites excluding steroid dienone is 1. The topological polar surface area (TPSA) is 21.3 Å². The van der Waals surface area contributed by atoms with Crippen LogP contribution in [0.4, 0.5) is 0 Å². The smallest absolute Gasteiger partial charge is 0.123 e. The van der Waals surface area contributed by atoms with E-state index >= 15 is 0 Å². The van der Waals surface area contributed by atoms with Gasteiger partial charge in [-0.05, 0) is 43.2 Å². The van der Waals surface area contributed by atoms with Gasteiger partial charge < -0.3 is 10.1 Å². The van der Waals surface area contributed by atoms with E-state index in [0.717, 1.165) is 6.54 Å². The van der Waals surface area contributed by atoms with Crippen LogP contribution in [-0.2, 0) is 4.74 Å². The quantitative estimate of drug-likeness (QED) is 0.780. The minimum atomic E-state index is -0.395. The molecule has 0 aliphatic carbocycles. The summed E-state index contributed by atoms with van der Waals surface area (Å²) in [6.45, 7) is 6.88. The lowest BCUT2D eigenvalue weighted by molar-refractivity contribution is 0.0742. The summed E-state index contributed by atoms with van der Waals surface area (Å²) in [7, 11) is 1.67. The van der Waals surface area contributed by atoms with Gasteiger partial charge in [0.15, 0.2) is 0 Å². The fraction of sp³-hybridized carbons (Fsp3) is 0.333. The molecule has 0 spiro atoms. The van der Waals surface area contributed by atoms with E-state index < -0.39 is 5.60 Å². The van der Waals surface area contributed by atoms with Crippen molar-refractivity contribution in [1.82, 2.24) is 5.32 Å². The largest absolute Gasteiger partial charge is 0.366 e. The number of halogens is 1. The minimum absolute atomic E-state index is 0. The van der Waals surface area contributed by atoms with Crippen LogP contribution in [0.1, 0.15) is 32.4 Å². The lowest BCUT2D eigenvalue weighted by Gasteiger charge is -2.15. The third-order valence-electron chi connectivity index (χ3n) is 3.92. The monoisotopic (exact) mass is 343 g/mol. The Morgan fingerprint density at radius 1 is 1.17 bits per heavy atom. The molecule has 0 aliphatic rings. The first kappa shape index (κ1) is 20.3. The average Bonchev–Trinajstić information content (AvgIpc) is 2.57. The predicted molar refractivity (Wildman–Crippen MR) is 106 cm³/mol. The van der Waals surface area contributed by atoms with Crippen molar-refractivity contribution in [3.63, 3.8) is 0 Å². The Hall–Kier alpha value is -1.79. The highest BCUT2D eigenvalue weighted by molar-refractivity contribution is 5.86. The second-order valence-electron chi connectivity index (χ2n) is 6.08. The summed E-state index contributed by atoms with van der Waals surface area (Å²) in [6.07, 6.45) is 3.92. The molecule has 0 radical (unpaired) electrons. The van der Waals surface area contributed by atoms with E-state index in [-0.39, 0.29) is 18.4 Å². The van der Waals surface area contributed by atoms with E-state index in [0.29, 0.717) is 0 Å². The van der Waals surface area contributed by atoms with Crippen molar-refractivity contribution in [2.45, 2.75) is 32.4 Å². The minimum Gasteiger partial charge on any atom is -0.366 e. The first-order chi connectivity index (χ1) is 11.0. The van der Waals surface area contributed by atoms with Crippen molar-refractivity contribution < 1.29 is 4.74 Å². The lowest BCUT2D eigenvalue weighted by atomic mass is 10.00.